The SMILES string of the molecule is Cc1c(Br)nc(Br)c2nc(CO[Si](C)(C)C(C)(C)C)nn12. The van der Waals surface area contributed by atoms with E-state index in [9.17, 15) is 0 Å². The average molecular weight is 436 g/mol. The first-order valence-electron chi connectivity index (χ1n) is 6.74. The Morgan fingerprint density at radius 2 is 1.76 bits per heavy atom. The van der Waals surface area contributed by atoms with Gasteiger partial charge in [-0.25, -0.2) is 14.5 Å². The number of aromatic nitrogens is 4. The smallest absolute Gasteiger partial charge is 0.192 e. The summed E-state index contributed by atoms with van der Waals surface area (Å²) in [6, 6.07) is 0. The molecule has 2 aromatic heterocycles. The van der Waals surface area contributed by atoms with Gasteiger partial charge in [0.2, 0.25) is 0 Å². The highest BCUT2D eigenvalue weighted by molar-refractivity contribution is 9.11. The molecule has 0 aromatic carbocycles. The monoisotopic (exact) mass is 434 g/mol. The van der Waals surface area contributed by atoms with Crippen molar-refractivity contribution in [3.05, 3.63) is 20.7 Å². The summed E-state index contributed by atoms with van der Waals surface area (Å²) >= 11 is 6.84. The second-order valence-electron chi connectivity index (χ2n) is 6.59. The van der Waals surface area contributed by atoms with Crippen LogP contribution in [-0.4, -0.2) is 27.9 Å². The summed E-state index contributed by atoms with van der Waals surface area (Å²) in [5.41, 5.74) is 1.63. The van der Waals surface area contributed by atoms with E-state index in [-0.39, 0.29) is 5.04 Å². The highest BCUT2D eigenvalue weighted by Crippen LogP contribution is 2.37. The average Bonchev–Trinajstić information content (AvgIpc) is 2.77. The van der Waals surface area contributed by atoms with Gasteiger partial charge in [0.05, 0.1) is 12.3 Å². The lowest BCUT2D eigenvalue weighted by atomic mass is 10.2. The molecule has 0 bridgehead atoms. The molecule has 0 aliphatic rings. The minimum atomic E-state index is -1.80. The summed E-state index contributed by atoms with van der Waals surface area (Å²) in [5, 5.41) is 4.70. The van der Waals surface area contributed by atoms with Gasteiger partial charge in [0.15, 0.2) is 24.4 Å². The minimum absolute atomic E-state index is 0.174. The zero-order chi connectivity index (χ0) is 16.0. The maximum absolute atomic E-state index is 6.17. The first-order valence-corrected chi connectivity index (χ1v) is 11.2. The Morgan fingerprint density at radius 1 is 1.14 bits per heavy atom. The summed E-state index contributed by atoms with van der Waals surface area (Å²) < 4.78 is 9.38. The lowest BCUT2D eigenvalue weighted by molar-refractivity contribution is 0.267. The van der Waals surface area contributed by atoms with Crippen molar-refractivity contribution in [1.29, 1.82) is 0 Å². The number of fused-ring (bicyclic) bond motifs is 1. The Balaban J connectivity index is 2.29. The molecule has 0 spiro atoms. The Morgan fingerprint density at radius 3 is 2.33 bits per heavy atom. The first kappa shape index (κ1) is 17.0. The van der Waals surface area contributed by atoms with Gasteiger partial charge in [0, 0.05) is 0 Å². The molecule has 2 rings (SSSR count). The van der Waals surface area contributed by atoms with Gasteiger partial charge in [-0.05, 0) is 56.9 Å². The topological polar surface area (TPSA) is 52.3 Å². The summed E-state index contributed by atoms with van der Waals surface area (Å²) in [6.45, 7) is 13.5. The molecule has 116 valence electrons. The Kier molecular flexibility index (Phi) is 4.64. The zero-order valence-corrected chi connectivity index (χ0v) is 17.3. The van der Waals surface area contributed by atoms with Crippen molar-refractivity contribution < 1.29 is 4.43 Å². The van der Waals surface area contributed by atoms with Crippen LogP contribution in [0, 0.1) is 6.92 Å². The molecular weight excluding hydrogens is 416 g/mol. The molecule has 8 heteroatoms. The van der Waals surface area contributed by atoms with Crippen LogP contribution in [-0.2, 0) is 11.0 Å². The molecule has 0 saturated heterocycles. The normalized spacial score (nSPS) is 13.1. The molecule has 0 aliphatic carbocycles. The molecule has 0 fully saturated rings. The van der Waals surface area contributed by atoms with Gasteiger partial charge in [-0.15, -0.1) is 5.10 Å². The second kappa shape index (κ2) is 5.71. The Labute approximate surface area is 142 Å². The molecule has 2 aromatic rings. The highest BCUT2D eigenvalue weighted by Gasteiger charge is 2.37. The van der Waals surface area contributed by atoms with Gasteiger partial charge in [-0.1, -0.05) is 20.8 Å². The fraction of sp³-hybridized carbons (Fsp3) is 0.615. The van der Waals surface area contributed by atoms with Gasteiger partial charge in [0.25, 0.3) is 0 Å². The van der Waals surface area contributed by atoms with E-state index in [1.807, 2.05) is 6.92 Å². The van der Waals surface area contributed by atoms with Gasteiger partial charge >= 0.3 is 0 Å². The van der Waals surface area contributed by atoms with Crippen LogP contribution in [0.4, 0.5) is 0 Å². The first-order chi connectivity index (χ1) is 9.53. The van der Waals surface area contributed by atoms with Crippen LogP contribution in [0.1, 0.15) is 32.3 Å². The number of hydrogen-bond acceptors (Lipinski definition) is 4. The summed E-state index contributed by atoms with van der Waals surface area (Å²) in [5.74, 6) is 0.684. The third-order valence-corrected chi connectivity index (χ3v) is 9.78. The molecule has 0 amide bonds. The predicted octanol–water partition coefficient (Wildman–Crippen LogP) is 4.48. The van der Waals surface area contributed by atoms with E-state index in [0.29, 0.717) is 22.7 Å². The van der Waals surface area contributed by atoms with Crippen LogP contribution in [0.25, 0.3) is 5.65 Å². The number of hydrogen-bond donors (Lipinski definition) is 0. The van der Waals surface area contributed by atoms with Crippen LogP contribution in [0.5, 0.6) is 0 Å². The van der Waals surface area contributed by atoms with Crippen molar-refractivity contribution in [1.82, 2.24) is 19.6 Å². The fourth-order valence-corrected chi connectivity index (χ4v) is 3.49. The standard InChI is InChI=1S/C13H20Br2N4OSi/c1-8-10(14)17-11(15)12-16-9(18-19(8)12)7-20-21(5,6)13(2,3)4/h7H2,1-6H3. The van der Waals surface area contributed by atoms with E-state index in [4.69, 9.17) is 4.43 Å². The number of rotatable bonds is 3. The van der Waals surface area contributed by atoms with E-state index >= 15 is 0 Å². The highest BCUT2D eigenvalue weighted by atomic mass is 79.9. The fourth-order valence-electron chi connectivity index (χ4n) is 1.55. The third kappa shape index (κ3) is 3.38. The molecule has 0 atom stereocenters. The Hall–Kier alpha value is -0.313. The van der Waals surface area contributed by atoms with Crippen molar-refractivity contribution in [3.8, 4) is 0 Å². The van der Waals surface area contributed by atoms with Crippen LogP contribution >= 0.6 is 31.9 Å². The summed E-state index contributed by atoms with van der Waals surface area (Å²) in [7, 11) is -1.80. The van der Waals surface area contributed by atoms with Crippen LogP contribution < -0.4 is 0 Å². The van der Waals surface area contributed by atoms with Crippen LogP contribution in [0.2, 0.25) is 18.1 Å². The zero-order valence-electron chi connectivity index (χ0n) is 13.2. The number of halogens is 2. The predicted molar refractivity (Wildman–Crippen MR) is 92.9 cm³/mol. The third-order valence-electron chi connectivity index (χ3n) is 4.02. The van der Waals surface area contributed by atoms with E-state index in [1.165, 1.54) is 0 Å². The van der Waals surface area contributed by atoms with Crippen LogP contribution in [0.15, 0.2) is 9.21 Å². The molecule has 0 saturated carbocycles. The van der Waals surface area contributed by atoms with Crippen molar-refractivity contribution in [3.63, 3.8) is 0 Å². The number of nitrogens with zero attached hydrogens (tertiary/aromatic N) is 4. The van der Waals surface area contributed by atoms with Gasteiger partial charge in [-0.2, -0.15) is 0 Å². The molecule has 0 unspecified atom stereocenters. The van der Waals surface area contributed by atoms with E-state index < -0.39 is 8.32 Å². The molecule has 5 nitrogen and oxygen atoms in total. The molecule has 0 aliphatic heterocycles. The van der Waals surface area contributed by atoms with Crippen molar-refractivity contribution >= 4 is 45.8 Å². The van der Waals surface area contributed by atoms with Gasteiger partial charge in [0.1, 0.15) is 4.60 Å². The molecule has 21 heavy (non-hydrogen) atoms. The van der Waals surface area contributed by atoms with Crippen molar-refractivity contribution in [2.45, 2.75) is 52.4 Å². The van der Waals surface area contributed by atoms with Gasteiger partial charge < -0.3 is 4.43 Å². The van der Waals surface area contributed by atoms with E-state index in [1.54, 1.807) is 4.52 Å². The molecule has 2 heterocycles. The van der Waals surface area contributed by atoms with Gasteiger partial charge in [-0.3, -0.25) is 0 Å². The summed E-state index contributed by atoms with van der Waals surface area (Å²) in [4.78, 5) is 8.86. The lowest BCUT2D eigenvalue weighted by Gasteiger charge is -2.35. The number of aryl methyl sites for hydroxylation is 1. The van der Waals surface area contributed by atoms with E-state index in [2.05, 4.69) is 80.8 Å². The quantitative estimate of drug-likeness (QED) is 0.666. The largest absolute Gasteiger partial charge is 0.409 e. The maximum Gasteiger partial charge on any atom is 0.192 e. The molecular formula is C13H20Br2N4OSi. The molecule has 0 N–H and O–H groups in total. The lowest BCUT2D eigenvalue weighted by Crippen LogP contribution is -2.40. The molecule has 0 radical (unpaired) electrons. The van der Waals surface area contributed by atoms with Crippen molar-refractivity contribution in [2.75, 3.05) is 0 Å². The summed E-state index contributed by atoms with van der Waals surface area (Å²) in [6.07, 6.45) is 0. The Bertz CT molecular complexity index is 679. The van der Waals surface area contributed by atoms with Crippen LogP contribution in [0.3, 0.4) is 0 Å². The maximum atomic E-state index is 6.17. The van der Waals surface area contributed by atoms with E-state index in [0.717, 1.165) is 10.3 Å². The minimum Gasteiger partial charge on any atom is -0.409 e. The van der Waals surface area contributed by atoms with Crippen molar-refractivity contribution in [2.24, 2.45) is 0 Å². The second-order valence-corrected chi connectivity index (χ2v) is 12.9.